The molecule has 1 aromatic heterocycles. The quantitative estimate of drug-likeness (QED) is 0.229. The van der Waals surface area contributed by atoms with E-state index >= 15 is 0 Å². The highest BCUT2D eigenvalue weighted by Gasteiger charge is 2.32. The van der Waals surface area contributed by atoms with Crippen LogP contribution in [0.25, 0.3) is 0 Å². The summed E-state index contributed by atoms with van der Waals surface area (Å²) in [5, 5.41) is 3.03. The third-order valence-corrected chi connectivity index (χ3v) is 6.89. The summed E-state index contributed by atoms with van der Waals surface area (Å²) >= 11 is 2.66. The summed E-state index contributed by atoms with van der Waals surface area (Å²) in [4.78, 5) is 47.0. The number of ether oxygens (including phenoxy) is 2. The number of anilines is 1. The second-order valence-electron chi connectivity index (χ2n) is 7.72. The molecule has 0 bridgehead atoms. The van der Waals surface area contributed by atoms with Crippen molar-refractivity contribution < 1.29 is 28.7 Å². The van der Waals surface area contributed by atoms with Crippen LogP contribution in [0.2, 0.25) is 0 Å². The third-order valence-electron chi connectivity index (χ3n) is 4.61. The minimum Gasteiger partial charge on any atom is -0.465 e. The predicted molar refractivity (Wildman–Crippen MR) is 124 cm³/mol. The van der Waals surface area contributed by atoms with E-state index in [0.29, 0.717) is 35.1 Å². The van der Waals surface area contributed by atoms with Gasteiger partial charge < -0.3 is 14.8 Å². The van der Waals surface area contributed by atoms with Crippen molar-refractivity contribution in [3.05, 3.63) is 11.6 Å². The lowest BCUT2D eigenvalue weighted by molar-refractivity contribution is -0.160. The maximum atomic E-state index is 12.4. The molecule has 0 saturated carbocycles. The van der Waals surface area contributed by atoms with Crippen LogP contribution >= 0.6 is 23.1 Å². The average Bonchev–Trinajstić information content (AvgIpc) is 3.08. The molecule has 0 aromatic carbocycles. The molecule has 31 heavy (non-hydrogen) atoms. The molecule has 1 rings (SSSR count). The van der Waals surface area contributed by atoms with Gasteiger partial charge in [-0.3, -0.25) is 19.2 Å². The molecule has 1 unspecified atom stereocenters. The van der Waals surface area contributed by atoms with Gasteiger partial charge in [-0.2, -0.15) is 0 Å². The minimum atomic E-state index is -1.36. The van der Waals surface area contributed by atoms with E-state index < -0.39 is 17.5 Å². The molecule has 0 spiro atoms. The fraction of sp³-hybridized carbons (Fsp3) is 0.636. The molecule has 0 aliphatic rings. The summed E-state index contributed by atoms with van der Waals surface area (Å²) < 4.78 is 11.2. The summed E-state index contributed by atoms with van der Waals surface area (Å²) in [6.45, 7) is 8.89. The molecule has 1 heterocycles. The van der Waals surface area contributed by atoms with Crippen molar-refractivity contribution in [2.75, 3.05) is 17.7 Å². The van der Waals surface area contributed by atoms with Gasteiger partial charge in [0.2, 0.25) is 0 Å². The average molecular weight is 472 g/mol. The largest absolute Gasteiger partial charge is 0.465 e. The number of aldehydes is 1. The third kappa shape index (κ3) is 9.86. The van der Waals surface area contributed by atoms with E-state index in [9.17, 15) is 19.2 Å². The van der Waals surface area contributed by atoms with Crippen LogP contribution in [0.1, 0.15) is 77.1 Å². The molecule has 7 nitrogen and oxygen atoms in total. The molecule has 174 valence electrons. The van der Waals surface area contributed by atoms with Gasteiger partial charge in [0, 0.05) is 12.7 Å². The number of hydrogen-bond donors (Lipinski definition) is 1. The van der Waals surface area contributed by atoms with Crippen LogP contribution in [0.15, 0.2) is 10.3 Å². The molecule has 1 amide bonds. The number of carbonyl (C=O) groups excluding carboxylic acids is 4. The summed E-state index contributed by atoms with van der Waals surface area (Å²) in [7, 11) is 0. The first-order valence-corrected chi connectivity index (χ1v) is 12.3. The molecule has 9 heteroatoms. The first-order valence-electron chi connectivity index (χ1n) is 10.5. The molecule has 0 saturated heterocycles. The monoisotopic (exact) mass is 471 g/mol. The van der Waals surface area contributed by atoms with E-state index in [1.807, 2.05) is 0 Å². The van der Waals surface area contributed by atoms with Crippen molar-refractivity contribution >= 4 is 52.2 Å². The highest BCUT2D eigenvalue weighted by molar-refractivity contribution is 8.01. The van der Waals surface area contributed by atoms with Crippen LogP contribution in [0.4, 0.5) is 5.00 Å². The Labute approximate surface area is 192 Å². The molecular weight excluding hydrogens is 438 g/mol. The zero-order valence-corrected chi connectivity index (χ0v) is 20.6. The molecule has 1 atom stereocenters. The Balaban J connectivity index is 2.55. The van der Waals surface area contributed by atoms with Crippen molar-refractivity contribution in [2.45, 2.75) is 76.5 Å². The lowest BCUT2D eigenvalue weighted by Crippen LogP contribution is -2.41. The number of esters is 2. The Morgan fingerprint density at radius 2 is 2.00 bits per heavy atom. The Morgan fingerprint density at radius 3 is 2.58 bits per heavy atom. The lowest BCUT2D eigenvalue weighted by Gasteiger charge is -2.22. The molecule has 0 aliphatic heterocycles. The van der Waals surface area contributed by atoms with Crippen molar-refractivity contribution in [1.29, 1.82) is 0 Å². The normalized spacial score (nSPS) is 12.2. The number of unbranched alkanes of at least 4 members (excludes halogenated alkanes) is 1. The molecular formula is C22H33NO6S2. The zero-order chi connectivity index (χ0) is 23.4. The Bertz CT molecular complexity index is 759. The maximum Gasteiger partial charge on any atom is 0.306 e. The smallest absolute Gasteiger partial charge is 0.306 e. The van der Waals surface area contributed by atoms with Gasteiger partial charge in [0.15, 0.2) is 11.9 Å². The lowest BCUT2D eigenvalue weighted by atomic mass is 10.0. The molecule has 0 aliphatic carbocycles. The number of thiophene rings is 1. The minimum absolute atomic E-state index is 0.230. The van der Waals surface area contributed by atoms with Gasteiger partial charge in [-0.15, -0.1) is 23.1 Å². The van der Waals surface area contributed by atoms with E-state index in [2.05, 4.69) is 19.2 Å². The fourth-order valence-corrected chi connectivity index (χ4v) is 4.88. The molecule has 0 fully saturated rings. The molecule has 1 N–H and O–H groups in total. The van der Waals surface area contributed by atoms with Crippen molar-refractivity contribution in [1.82, 2.24) is 0 Å². The van der Waals surface area contributed by atoms with Crippen LogP contribution in [0, 0.1) is 5.92 Å². The number of thioether (sulfide) groups is 1. The predicted octanol–water partition coefficient (Wildman–Crippen LogP) is 5.08. The van der Waals surface area contributed by atoms with E-state index in [1.165, 1.54) is 43.9 Å². The van der Waals surface area contributed by atoms with Crippen molar-refractivity contribution in [3.63, 3.8) is 0 Å². The van der Waals surface area contributed by atoms with Gasteiger partial charge >= 0.3 is 11.9 Å². The number of nitrogens with one attached hydrogen (secondary N) is 1. The summed E-state index contributed by atoms with van der Waals surface area (Å²) in [5.74, 6) is -0.407. The van der Waals surface area contributed by atoms with Gasteiger partial charge in [0.1, 0.15) is 5.00 Å². The topological polar surface area (TPSA) is 98.8 Å². The van der Waals surface area contributed by atoms with Crippen LogP contribution in [-0.2, 0) is 23.9 Å². The van der Waals surface area contributed by atoms with Gasteiger partial charge in [0.25, 0.3) is 5.91 Å². The summed E-state index contributed by atoms with van der Waals surface area (Å²) in [6.07, 6.45) is 5.26. The second-order valence-corrected chi connectivity index (χ2v) is 10.2. The van der Waals surface area contributed by atoms with E-state index in [-0.39, 0.29) is 12.4 Å². The summed E-state index contributed by atoms with van der Waals surface area (Å²) in [5.41, 5.74) is -1.02. The second kappa shape index (κ2) is 13.5. The van der Waals surface area contributed by atoms with Gasteiger partial charge in [0.05, 0.1) is 22.8 Å². The van der Waals surface area contributed by atoms with Gasteiger partial charge in [-0.25, -0.2) is 0 Å². The van der Waals surface area contributed by atoms with E-state index in [1.54, 1.807) is 6.07 Å². The number of hydrogen-bond acceptors (Lipinski definition) is 8. The van der Waals surface area contributed by atoms with Crippen LogP contribution in [0.3, 0.4) is 0 Å². The first kappa shape index (κ1) is 27.2. The number of amides is 1. The Morgan fingerprint density at radius 1 is 1.29 bits per heavy atom. The highest BCUT2D eigenvalue weighted by atomic mass is 32.2. The Kier molecular flexibility index (Phi) is 11.8. The maximum absolute atomic E-state index is 12.4. The van der Waals surface area contributed by atoms with E-state index in [4.69, 9.17) is 9.47 Å². The fourth-order valence-electron chi connectivity index (χ4n) is 2.71. The van der Waals surface area contributed by atoms with Gasteiger partial charge in [-0.05, 0) is 32.3 Å². The van der Waals surface area contributed by atoms with Crippen LogP contribution in [0.5, 0.6) is 0 Å². The summed E-state index contributed by atoms with van der Waals surface area (Å²) in [6, 6.07) is 1.67. The van der Waals surface area contributed by atoms with Crippen LogP contribution in [-0.4, -0.2) is 42.1 Å². The molecule has 0 radical (unpaired) electrons. The SMILES string of the molecule is CCCCC(CC)COC(=O)CCSc1cc(C=O)c(NC(=O)C(C)(C)OC(C)=O)s1. The first-order chi connectivity index (χ1) is 14.6. The highest BCUT2D eigenvalue weighted by Crippen LogP contribution is 2.35. The van der Waals surface area contributed by atoms with Crippen molar-refractivity contribution in [3.8, 4) is 0 Å². The standard InChI is InChI=1S/C22H33NO6S2/c1-6-8-9-16(7-2)14-28-18(26)10-11-30-19-12-17(13-24)20(31-19)23-21(27)22(4,5)29-15(3)25/h12-13,16H,6-11,14H2,1-5H3,(H,23,27). The number of rotatable bonds is 14. The Hall–Kier alpha value is -1.87. The van der Waals surface area contributed by atoms with Crippen molar-refractivity contribution in [2.24, 2.45) is 5.92 Å². The zero-order valence-electron chi connectivity index (χ0n) is 18.9. The molecule has 1 aromatic rings. The van der Waals surface area contributed by atoms with E-state index in [0.717, 1.165) is 29.9 Å². The number of carbonyl (C=O) groups is 4. The van der Waals surface area contributed by atoms with Gasteiger partial charge in [-0.1, -0.05) is 33.1 Å². The van der Waals surface area contributed by atoms with Crippen LogP contribution < -0.4 is 5.32 Å².